The highest BCUT2D eigenvalue weighted by atomic mass is 16.3. The Bertz CT molecular complexity index is 401. The minimum Gasteiger partial charge on any atom is -0.508 e. The molecule has 0 atom stereocenters. The Hall–Kier alpha value is -1.77. The Labute approximate surface area is 101 Å². The molecule has 1 aromatic rings. The van der Waals surface area contributed by atoms with Crippen LogP contribution in [-0.2, 0) is 11.2 Å². The monoisotopic (exact) mass is 231 g/mol. The number of carbonyl (C=O) groups excluding carboxylic acids is 1. The molecule has 1 aromatic carbocycles. The molecule has 0 bridgehead atoms. The summed E-state index contributed by atoms with van der Waals surface area (Å²) in [5, 5.41) is 12.1. The lowest BCUT2D eigenvalue weighted by Crippen LogP contribution is -2.31. The van der Waals surface area contributed by atoms with Crippen LogP contribution in [0.4, 0.5) is 0 Å². The predicted octanol–water partition coefficient (Wildman–Crippen LogP) is 2.02. The highest BCUT2D eigenvalue weighted by Crippen LogP contribution is 2.17. The number of phenols is 1. The van der Waals surface area contributed by atoms with Gasteiger partial charge in [-0.15, -0.1) is 0 Å². The second-order valence-corrected chi connectivity index (χ2v) is 4.35. The van der Waals surface area contributed by atoms with Crippen LogP contribution in [0.3, 0.4) is 0 Å². The molecule has 0 saturated carbocycles. The Kier molecular flexibility index (Phi) is 3.81. The molecule has 0 aromatic heterocycles. The molecule has 0 radical (unpaired) electrons. The van der Waals surface area contributed by atoms with E-state index in [1.165, 1.54) is 0 Å². The van der Waals surface area contributed by atoms with Gasteiger partial charge in [0.1, 0.15) is 5.75 Å². The van der Waals surface area contributed by atoms with Gasteiger partial charge < -0.3 is 10.4 Å². The molecule has 3 nitrogen and oxygen atoms in total. The van der Waals surface area contributed by atoms with Gasteiger partial charge in [0.05, 0.1) is 0 Å². The molecule has 3 heteroatoms. The number of rotatable bonds is 4. The summed E-state index contributed by atoms with van der Waals surface area (Å²) in [4.78, 5) is 11.7. The van der Waals surface area contributed by atoms with Crippen LogP contribution in [-0.4, -0.2) is 17.6 Å². The van der Waals surface area contributed by atoms with Crippen molar-refractivity contribution in [1.29, 1.82) is 0 Å². The van der Waals surface area contributed by atoms with Crippen LogP contribution in [0.5, 0.6) is 5.75 Å². The Balaban J connectivity index is 1.72. The number of amides is 1. The van der Waals surface area contributed by atoms with Crippen molar-refractivity contribution in [2.45, 2.75) is 19.3 Å². The van der Waals surface area contributed by atoms with Crippen LogP contribution < -0.4 is 5.32 Å². The van der Waals surface area contributed by atoms with Gasteiger partial charge in [0, 0.05) is 12.5 Å². The largest absolute Gasteiger partial charge is 0.508 e. The van der Waals surface area contributed by atoms with Crippen molar-refractivity contribution in [3.8, 4) is 5.75 Å². The molecule has 17 heavy (non-hydrogen) atoms. The summed E-state index contributed by atoms with van der Waals surface area (Å²) < 4.78 is 0. The van der Waals surface area contributed by atoms with Crippen molar-refractivity contribution < 1.29 is 9.90 Å². The third-order valence-electron chi connectivity index (χ3n) is 3.03. The summed E-state index contributed by atoms with van der Waals surface area (Å²) in [5.74, 6) is 0.554. The Morgan fingerprint density at radius 1 is 1.24 bits per heavy atom. The van der Waals surface area contributed by atoms with Gasteiger partial charge in [-0.25, -0.2) is 0 Å². The molecular formula is C14H17NO2. The van der Waals surface area contributed by atoms with Crippen molar-refractivity contribution in [2.24, 2.45) is 5.92 Å². The summed E-state index contributed by atoms with van der Waals surface area (Å²) in [6.07, 6.45) is 6.65. The molecule has 2 N–H and O–H groups in total. The zero-order valence-corrected chi connectivity index (χ0v) is 9.73. The van der Waals surface area contributed by atoms with Crippen molar-refractivity contribution >= 4 is 5.91 Å². The second kappa shape index (κ2) is 5.53. The average Bonchev–Trinajstić information content (AvgIpc) is 2.85. The second-order valence-electron chi connectivity index (χ2n) is 4.35. The van der Waals surface area contributed by atoms with Gasteiger partial charge in [0.2, 0.25) is 5.91 Å². The van der Waals surface area contributed by atoms with Gasteiger partial charge in [-0.1, -0.05) is 24.3 Å². The van der Waals surface area contributed by atoms with Crippen LogP contribution in [0.15, 0.2) is 36.4 Å². The molecule has 0 heterocycles. The van der Waals surface area contributed by atoms with E-state index in [0.29, 0.717) is 6.54 Å². The maximum atomic E-state index is 11.7. The number of hydrogen-bond donors (Lipinski definition) is 2. The van der Waals surface area contributed by atoms with Crippen LogP contribution >= 0.6 is 0 Å². The Morgan fingerprint density at radius 2 is 1.88 bits per heavy atom. The number of hydrogen-bond acceptors (Lipinski definition) is 2. The minimum absolute atomic E-state index is 0.134. The van der Waals surface area contributed by atoms with E-state index < -0.39 is 0 Å². The van der Waals surface area contributed by atoms with Crippen LogP contribution in [0.1, 0.15) is 18.4 Å². The zero-order chi connectivity index (χ0) is 12.1. The lowest BCUT2D eigenvalue weighted by Gasteiger charge is -2.10. The summed E-state index contributed by atoms with van der Waals surface area (Å²) in [6.45, 7) is 0.653. The number of phenolic OH excluding ortho intramolecular Hbond substituents is 1. The summed E-state index contributed by atoms with van der Waals surface area (Å²) in [7, 11) is 0. The molecule has 1 amide bonds. The smallest absolute Gasteiger partial charge is 0.223 e. The van der Waals surface area contributed by atoms with Gasteiger partial charge in [0.25, 0.3) is 0 Å². The summed E-state index contributed by atoms with van der Waals surface area (Å²) in [6, 6.07) is 7.08. The third kappa shape index (κ3) is 3.34. The zero-order valence-electron chi connectivity index (χ0n) is 9.73. The van der Waals surface area contributed by atoms with Crippen molar-refractivity contribution in [2.75, 3.05) is 6.54 Å². The van der Waals surface area contributed by atoms with E-state index in [9.17, 15) is 4.79 Å². The highest BCUT2D eigenvalue weighted by molar-refractivity contribution is 5.79. The molecular weight excluding hydrogens is 214 g/mol. The molecule has 0 fully saturated rings. The standard InChI is InChI=1S/C14H17NO2/c16-13-7-5-11(6-8-13)9-10-15-14(17)12-3-1-2-4-12/h1-2,5-8,12,16H,3-4,9-10H2,(H,15,17). The van der Waals surface area contributed by atoms with E-state index in [4.69, 9.17) is 5.11 Å². The van der Waals surface area contributed by atoms with Crippen LogP contribution in [0, 0.1) is 5.92 Å². The number of nitrogens with one attached hydrogen (secondary N) is 1. The quantitative estimate of drug-likeness (QED) is 0.779. The number of benzene rings is 1. The molecule has 1 aliphatic carbocycles. The van der Waals surface area contributed by atoms with Crippen molar-refractivity contribution in [3.05, 3.63) is 42.0 Å². The number of carbonyl (C=O) groups is 1. The molecule has 1 aliphatic rings. The van der Waals surface area contributed by atoms with Gasteiger partial charge in [-0.2, -0.15) is 0 Å². The molecule has 0 unspecified atom stereocenters. The first-order valence-corrected chi connectivity index (χ1v) is 5.96. The predicted molar refractivity (Wildman–Crippen MR) is 66.7 cm³/mol. The van der Waals surface area contributed by atoms with Crippen LogP contribution in [0.2, 0.25) is 0 Å². The molecule has 0 aliphatic heterocycles. The van der Waals surface area contributed by atoms with E-state index in [1.54, 1.807) is 12.1 Å². The third-order valence-corrected chi connectivity index (χ3v) is 3.03. The van der Waals surface area contributed by atoms with E-state index >= 15 is 0 Å². The average molecular weight is 231 g/mol. The first-order valence-electron chi connectivity index (χ1n) is 5.96. The lowest BCUT2D eigenvalue weighted by molar-refractivity contribution is -0.124. The van der Waals surface area contributed by atoms with E-state index in [2.05, 4.69) is 17.5 Å². The molecule has 90 valence electrons. The fraction of sp³-hybridized carbons (Fsp3) is 0.357. The summed E-state index contributed by atoms with van der Waals surface area (Å²) in [5.41, 5.74) is 1.12. The van der Waals surface area contributed by atoms with E-state index in [0.717, 1.165) is 24.8 Å². The highest BCUT2D eigenvalue weighted by Gasteiger charge is 2.18. The fourth-order valence-corrected chi connectivity index (χ4v) is 1.97. The number of aromatic hydroxyl groups is 1. The maximum Gasteiger partial charge on any atom is 0.223 e. The maximum absolute atomic E-state index is 11.7. The SMILES string of the molecule is O=C(NCCc1ccc(O)cc1)C1CC=CC1. The fourth-order valence-electron chi connectivity index (χ4n) is 1.97. The van der Waals surface area contributed by atoms with Crippen molar-refractivity contribution in [3.63, 3.8) is 0 Å². The van der Waals surface area contributed by atoms with Gasteiger partial charge in [-0.3, -0.25) is 4.79 Å². The van der Waals surface area contributed by atoms with Crippen LogP contribution in [0.25, 0.3) is 0 Å². The van der Waals surface area contributed by atoms with Gasteiger partial charge in [-0.05, 0) is 37.0 Å². The van der Waals surface area contributed by atoms with E-state index in [-0.39, 0.29) is 17.6 Å². The lowest BCUT2D eigenvalue weighted by atomic mass is 10.1. The van der Waals surface area contributed by atoms with Gasteiger partial charge in [0.15, 0.2) is 0 Å². The summed E-state index contributed by atoms with van der Waals surface area (Å²) >= 11 is 0. The van der Waals surface area contributed by atoms with E-state index in [1.807, 2.05) is 12.1 Å². The van der Waals surface area contributed by atoms with Crippen molar-refractivity contribution in [1.82, 2.24) is 5.32 Å². The Morgan fingerprint density at radius 3 is 2.53 bits per heavy atom. The molecule has 2 rings (SSSR count). The first kappa shape index (κ1) is 11.7. The molecule has 0 spiro atoms. The topological polar surface area (TPSA) is 49.3 Å². The minimum atomic E-state index is 0.134. The molecule has 0 saturated heterocycles. The number of allylic oxidation sites excluding steroid dienone is 2. The normalized spacial score (nSPS) is 15.1. The van der Waals surface area contributed by atoms with Gasteiger partial charge >= 0.3 is 0 Å². The first-order chi connectivity index (χ1) is 8.25.